The number of benzene rings is 6. The molecule has 0 bridgehead atoms. The van der Waals surface area contributed by atoms with Crippen LogP contribution in [0.3, 0.4) is 0 Å². The van der Waals surface area contributed by atoms with Crippen molar-refractivity contribution in [2.45, 2.75) is 0 Å². The van der Waals surface area contributed by atoms with Gasteiger partial charge in [0.1, 0.15) is 0 Å². The van der Waals surface area contributed by atoms with E-state index in [2.05, 4.69) is 182 Å². The molecule has 6 heteroatoms. The first-order valence-electron chi connectivity index (χ1n) is 14.0. The average Bonchev–Trinajstić information content (AvgIpc) is 3.09. The van der Waals surface area contributed by atoms with E-state index in [-0.39, 0.29) is 0 Å². The Morgan fingerprint density at radius 1 is 0.167 bits per heavy atom. The molecular formula is C36H30As6. The quantitative estimate of drug-likeness (QED) is 0.226. The fourth-order valence-corrected chi connectivity index (χ4v) is 732. The van der Waals surface area contributed by atoms with Crippen LogP contribution in [0, 0.1) is 0 Å². The monoisotopic (exact) mass is 912 g/mol. The topological polar surface area (TPSA) is 0 Å². The van der Waals surface area contributed by atoms with E-state index in [4.69, 9.17) is 0 Å². The van der Waals surface area contributed by atoms with E-state index >= 15 is 0 Å². The minimum atomic E-state index is -1.43. The van der Waals surface area contributed by atoms with Gasteiger partial charge in [0.05, 0.1) is 0 Å². The molecule has 0 aromatic heterocycles. The van der Waals surface area contributed by atoms with Gasteiger partial charge in [-0.05, 0) is 0 Å². The third-order valence-corrected chi connectivity index (χ3v) is 304. The third kappa shape index (κ3) is 6.12. The molecular weight excluding hydrogens is 882 g/mol. The van der Waals surface area contributed by atoms with E-state index in [1.807, 2.05) is 0 Å². The van der Waals surface area contributed by atoms with Gasteiger partial charge in [0, 0.05) is 0 Å². The average molecular weight is 912 g/mol. The summed E-state index contributed by atoms with van der Waals surface area (Å²) < 4.78 is 10.7. The number of hydrogen-bond acceptors (Lipinski definition) is 0. The maximum absolute atomic E-state index is 2.57. The van der Waals surface area contributed by atoms with Crippen LogP contribution in [0.5, 0.6) is 0 Å². The molecule has 0 amide bonds. The summed E-state index contributed by atoms with van der Waals surface area (Å²) in [7, 11) is -8.58. The number of rotatable bonds is 6. The SMILES string of the molecule is c1ccc([As]2[As](c3ccccc3)[As](c3ccccc3)[As](c3ccccc3)[As](c3ccccc3)[As]2c2ccccc2)cc1. The van der Waals surface area contributed by atoms with Gasteiger partial charge < -0.3 is 0 Å². The molecule has 0 radical (unpaired) electrons. The van der Waals surface area contributed by atoms with Crippen molar-refractivity contribution < 1.29 is 0 Å². The van der Waals surface area contributed by atoms with Gasteiger partial charge in [-0.3, -0.25) is 0 Å². The molecule has 0 unspecified atom stereocenters. The fraction of sp³-hybridized carbons (Fsp3) is 0. The summed E-state index contributed by atoms with van der Waals surface area (Å²) in [5, 5.41) is 0. The molecule has 1 fully saturated rings. The molecule has 0 N–H and O–H groups in total. The third-order valence-electron chi connectivity index (χ3n) is 7.00. The van der Waals surface area contributed by atoms with Crippen molar-refractivity contribution in [2.24, 2.45) is 0 Å². The molecule has 0 aliphatic carbocycles. The van der Waals surface area contributed by atoms with Crippen LogP contribution in [-0.4, -0.2) is 63.1 Å². The van der Waals surface area contributed by atoms with E-state index < -0.39 is 63.1 Å². The summed E-state index contributed by atoms with van der Waals surface area (Å²) in [5.41, 5.74) is 0. The molecule has 42 heavy (non-hydrogen) atoms. The molecule has 1 heterocycles. The van der Waals surface area contributed by atoms with Crippen LogP contribution >= 0.6 is 0 Å². The second-order valence-corrected chi connectivity index (χ2v) is 122. The first kappa shape index (κ1) is 29.4. The molecule has 0 saturated carbocycles. The van der Waals surface area contributed by atoms with Crippen molar-refractivity contribution in [2.75, 3.05) is 0 Å². The molecule has 6 aromatic carbocycles. The summed E-state index contributed by atoms with van der Waals surface area (Å²) in [4.78, 5) is 0. The molecule has 0 spiro atoms. The van der Waals surface area contributed by atoms with Crippen molar-refractivity contribution in [1.82, 2.24) is 0 Å². The van der Waals surface area contributed by atoms with E-state index in [9.17, 15) is 0 Å². The molecule has 1 saturated heterocycles. The Morgan fingerprint density at radius 2 is 0.286 bits per heavy atom. The first-order valence-corrected chi connectivity index (χ1v) is 50.8. The van der Waals surface area contributed by atoms with Crippen molar-refractivity contribution >= 4 is 89.2 Å². The van der Waals surface area contributed by atoms with E-state index in [0.29, 0.717) is 0 Å². The maximum atomic E-state index is 2.57. The summed E-state index contributed by atoms with van der Waals surface area (Å²) in [6, 6.07) is 72.4. The van der Waals surface area contributed by atoms with E-state index in [1.54, 1.807) is 26.1 Å². The van der Waals surface area contributed by atoms with Gasteiger partial charge in [0.15, 0.2) is 0 Å². The Bertz CT molecular complexity index is 1340. The van der Waals surface area contributed by atoms with Gasteiger partial charge >= 0.3 is 271 Å². The van der Waals surface area contributed by atoms with Crippen molar-refractivity contribution in [3.63, 3.8) is 0 Å². The van der Waals surface area contributed by atoms with Crippen molar-refractivity contribution in [1.29, 1.82) is 0 Å². The predicted octanol–water partition coefficient (Wildman–Crippen LogP) is 2.88. The Hall–Kier alpha value is -1.33. The molecule has 6 aromatic rings. The number of hydrogen-bond donors (Lipinski definition) is 0. The molecule has 7 rings (SSSR count). The van der Waals surface area contributed by atoms with Gasteiger partial charge in [-0.25, -0.2) is 0 Å². The van der Waals surface area contributed by atoms with Gasteiger partial charge in [0.25, 0.3) is 0 Å². The Labute approximate surface area is 267 Å². The Morgan fingerprint density at radius 3 is 0.405 bits per heavy atom. The normalized spacial score (nSPS) is 23.7. The van der Waals surface area contributed by atoms with Crippen LogP contribution in [-0.2, 0) is 0 Å². The molecule has 1 aliphatic rings. The van der Waals surface area contributed by atoms with Crippen molar-refractivity contribution in [3.8, 4) is 0 Å². The Balaban J connectivity index is 1.59. The van der Waals surface area contributed by atoms with Crippen LogP contribution in [0.25, 0.3) is 0 Å². The zero-order valence-corrected chi connectivity index (χ0v) is 34.3. The molecule has 0 atom stereocenters. The first-order chi connectivity index (χ1) is 20.9. The Kier molecular flexibility index (Phi) is 9.92. The summed E-state index contributed by atoms with van der Waals surface area (Å²) in [6.07, 6.45) is 0. The van der Waals surface area contributed by atoms with Gasteiger partial charge in [-0.2, -0.15) is 0 Å². The zero-order chi connectivity index (χ0) is 28.1. The second kappa shape index (κ2) is 14.2. The summed E-state index contributed by atoms with van der Waals surface area (Å²) in [5.74, 6) is 0. The summed E-state index contributed by atoms with van der Waals surface area (Å²) >= 11 is 0. The van der Waals surface area contributed by atoms with Crippen LogP contribution in [0.4, 0.5) is 0 Å². The second-order valence-electron chi connectivity index (χ2n) is 9.75. The van der Waals surface area contributed by atoms with E-state index in [0.717, 1.165) is 0 Å². The fourth-order valence-electron chi connectivity index (χ4n) is 5.16. The van der Waals surface area contributed by atoms with Gasteiger partial charge in [0.2, 0.25) is 0 Å². The zero-order valence-electron chi connectivity index (χ0n) is 23.0. The van der Waals surface area contributed by atoms with Crippen molar-refractivity contribution in [3.05, 3.63) is 182 Å². The predicted molar refractivity (Wildman–Crippen MR) is 191 cm³/mol. The molecule has 204 valence electrons. The molecule has 0 nitrogen and oxygen atoms in total. The van der Waals surface area contributed by atoms with Crippen LogP contribution in [0.2, 0.25) is 0 Å². The van der Waals surface area contributed by atoms with E-state index in [1.165, 1.54) is 0 Å². The van der Waals surface area contributed by atoms with Crippen LogP contribution < -0.4 is 26.1 Å². The van der Waals surface area contributed by atoms with Gasteiger partial charge in [-0.15, -0.1) is 0 Å². The van der Waals surface area contributed by atoms with Crippen LogP contribution in [0.1, 0.15) is 0 Å². The van der Waals surface area contributed by atoms with Gasteiger partial charge in [-0.1, -0.05) is 0 Å². The molecule has 1 aliphatic heterocycles. The minimum absolute atomic E-state index is 1.43. The summed E-state index contributed by atoms with van der Waals surface area (Å²) in [6.45, 7) is 0. The standard InChI is InChI=1S/C36H30As6/c1-7-19-31(20-8-1)37-38(32-21-9-2-10-22-32)40(34-25-13-4-14-26-34)42(36-29-17-6-18-30-36)41(35-27-15-5-16-28-35)39(37)33-23-11-3-12-24-33/h1-30H. The van der Waals surface area contributed by atoms with Crippen LogP contribution in [0.15, 0.2) is 182 Å².